The van der Waals surface area contributed by atoms with Crippen LogP contribution in [0.5, 0.6) is 0 Å². The van der Waals surface area contributed by atoms with Crippen LogP contribution < -0.4 is 5.32 Å². The van der Waals surface area contributed by atoms with Crippen molar-refractivity contribution >= 4 is 5.91 Å². The first-order valence-corrected chi connectivity index (χ1v) is 7.56. The van der Waals surface area contributed by atoms with E-state index < -0.39 is 0 Å². The van der Waals surface area contributed by atoms with E-state index >= 15 is 0 Å². The van der Waals surface area contributed by atoms with Gasteiger partial charge in [-0.15, -0.1) is 0 Å². The van der Waals surface area contributed by atoms with E-state index in [2.05, 4.69) is 38.2 Å². The quantitative estimate of drug-likeness (QED) is 0.920. The Morgan fingerprint density at radius 1 is 1.29 bits per heavy atom. The van der Waals surface area contributed by atoms with Gasteiger partial charge in [0.15, 0.2) is 0 Å². The standard InChI is InChI=1S/C18H24N2O/c1-12(2)20-16(21)13-8-14(17(3,4)5)10-15(9-13)18(11-19)6-7-18/h8-10,12H,6-7H2,1-5H3,(H,20,21). The number of hydrogen-bond donors (Lipinski definition) is 1. The highest BCUT2D eigenvalue weighted by atomic mass is 16.1. The highest BCUT2D eigenvalue weighted by molar-refractivity contribution is 5.95. The lowest BCUT2D eigenvalue weighted by Gasteiger charge is -2.22. The lowest BCUT2D eigenvalue weighted by atomic mass is 9.82. The lowest BCUT2D eigenvalue weighted by molar-refractivity contribution is 0.0943. The molecule has 0 bridgehead atoms. The molecule has 1 aromatic carbocycles. The second-order valence-electron chi connectivity index (χ2n) is 7.37. The van der Waals surface area contributed by atoms with Gasteiger partial charge in [-0.25, -0.2) is 0 Å². The summed E-state index contributed by atoms with van der Waals surface area (Å²) in [6.07, 6.45) is 1.78. The second kappa shape index (κ2) is 5.18. The van der Waals surface area contributed by atoms with E-state index in [-0.39, 0.29) is 22.8 Å². The Morgan fingerprint density at radius 3 is 2.33 bits per heavy atom. The summed E-state index contributed by atoms with van der Waals surface area (Å²) in [5, 5.41) is 12.4. The zero-order valence-corrected chi connectivity index (χ0v) is 13.6. The Balaban J connectivity index is 2.49. The van der Waals surface area contributed by atoms with Crippen LogP contribution in [0.15, 0.2) is 18.2 Å². The van der Waals surface area contributed by atoms with Crippen LogP contribution in [0, 0.1) is 11.3 Å². The van der Waals surface area contributed by atoms with Crippen molar-refractivity contribution in [1.29, 1.82) is 5.26 Å². The van der Waals surface area contributed by atoms with E-state index in [0.717, 1.165) is 24.0 Å². The first kappa shape index (κ1) is 15.6. The number of rotatable bonds is 3. The van der Waals surface area contributed by atoms with Crippen molar-refractivity contribution in [2.75, 3.05) is 0 Å². The predicted octanol–water partition coefficient (Wildman–Crippen LogP) is 3.68. The average molecular weight is 284 g/mol. The first-order chi connectivity index (χ1) is 9.68. The fraction of sp³-hybridized carbons (Fsp3) is 0.556. The van der Waals surface area contributed by atoms with Gasteiger partial charge in [-0.05, 0) is 55.4 Å². The molecule has 1 aliphatic rings. The maximum atomic E-state index is 12.3. The molecule has 0 aliphatic heterocycles. The summed E-state index contributed by atoms with van der Waals surface area (Å²) in [7, 11) is 0. The monoisotopic (exact) mass is 284 g/mol. The highest BCUT2D eigenvalue weighted by Crippen LogP contribution is 2.48. The van der Waals surface area contributed by atoms with E-state index in [0.29, 0.717) is 5.56 Å². The van der Waals surface area contributed by atoms with Gasteiger partial charge in [0.05, 0.1) is 11.5 Å². The minimum atomic E-state index is -0.367. The molecule has 0 atom stereocenters. The molecule has 3 nitrogen and oxygen atoms in total. The first-order valence-electron chi connectivity index (χ1n) is 7.56. The number of nitriles is 1. The molecule has 0 saturated heterocycles. The zero-order chi connectivity index (χ0) is 15.8. The second-order valence-corrected chi connectivity index (χ2v) is 7.37. The Labute approximate surface area is 127 Å². The number of hydrogen-bond acceptors (Lipinski definition) is 2. The summed E-state index contributed by atoms with van der Waals surface area (Å²) < 4.78 is 0. The number of benzene rings is 1. The molecule has 2 rings (SSSR count). The molecule has 1 aliphatic carbocycles. The molecule has 0 radical (unpaired) electrons. The van der Waals surface area contributed by atoms with E-state index in [1.54, 1.807) is 0 Å². The number of nitrogens with one attached hydrogen (secondary N) is 1. The fourth-order valence-electron chi connectivity index (χ4n) is 2.40. The van der Waals surface area contributed by atoms with Crippen LogP contribution in [0.1, 0.15) is 68.9 Å². The van der Waals surface area contributed by atoms with Crippen molar-refractivity contribution in [3.63, 3.8) is 0 Å². The normalized spacial score (nSPS) is 16.4. The molecule has 0 heterocycles. The van der Waals surface area contributed by atoms with Gasteiger partial charge in [-0.1, -0.05) is 26.8 Å². The molecule has 112 valence electrons. The van der Waals surface area contributed by atoms with Gasteiger partial charge in [0.2, 0.25) is 0 Å². The van der Waals surface area contributed by atoms with Crippen LogP contribution in [0.25, 0.3) is 0 Å². The van der Waals surface area contributed by atoms with Crippen molar-refractivity contribution in [2.45, 2.75) is 64.3 Å². The lowest BCUT2D eigenvalue weighted by Crippen LogP contribution is -2.30. The zero-order valence-electron chi connectivity index (χ0n) is 13.6. The van der Waals surface area contributed by atoms with Crippen molar-refractivity contribution in [2.24, 2.45) is 0 Å². The third-order valence-corrected chi connectivity index (χ3v) is 4.00. The van der Waals surface area contributed by atoms with E-state index in [4.69, 9.17) is 0 Å². The van der Waals surface area contributed by atoms with Gasteiger partial charge in [0.1, 0.15) is 0 Å². The van der Waals surface area contributed by atoms with E-state index in [1.165, 1.54) is 0 Å². The van der Waals surface area contributed by atoms with Crippen molar-refractivity contribution in [3.8, 4) is 6.07 Å². The maximum absolute atomic E-state index is 12.3. The predicted molar refractivity (Wildman–Crippen MR) is 84.3 cm³/mol. The van der Waals surface area contributed by atoms with Crippen molar-refractivity contribution in [3.05, 3.63) is 34.9 Å². The minimum Gasteiger partial charge on any atom is -0.350 e. The van der Waals surface area contributed by atoms with Crippen LogP contribution in [0.4, 0.5) is 0 Å². The van der Waals surface area contributed by atoms with Gasteiger partial charge in [-0.3, -0.25) is 4.79 Å². The third kappa shape index (κ3) is 3.26. The van der Waals surface area contributed by atoms with E-state index in [9.17, 15) is 10.1 Å². The molecule has 0 unspecified atom stereocenters. The molecular weight excluding hydrogens is 260 g/mol. The number of carbonyl (C=O) groups is 1. The molecule has 0 aromatic heterocycles. The highest BCUT2D eigenvalue weighted by Gasteiger charge is 2.45. The van der Waals surface area contributed by atoms with Crippen LogP contribution in [0.2, 0.25) is 0 Å². The minimum absolute atomic E-state index is 0.0472. The fourth-order valence-corrected chi connectivity index (χ4v) is 2.40. The van der Waals surface area contributed by atoms with Gasteiger partial charge in [-0.2, -0.15) is 5.26 Å². The van der Waals surface area contributed by atoms with Crippen LogP contribution in [-0.4, -0.2) is 11.9 Å². The number of amides is 1. The summed E-state index contributed by atoms with van der Waals surface area (Å²) in [6.45, 7) is 10.3. The average Bonchev–Trinajstić information content (AvgIpc) is 3.17. The summed E-state index contributed by atoms with van der Waals surface area (Å²) in [5.41, 5.74) is 2.34. The molecular formula is C18H24N2O. The Morgan fingerprint density at radius 2 is 1.90 bits per heavy atom. The molecule has 1 fully saturated rings. The largest absolute Gasteiger partial charge is 0.350 e. The summed E-state index contributed by atoms with van der Waals surface area (Å²) in [6, 6.07) is 8.47. The van der Waals surface area contributed by atoms with Crippen LogP contribution in [0.3, 0.4) is 0 Å². The maximum Gasteiger partial charge on any atom is 0.251 e. The number of nitrogens with zero attached hydrogens (tertiary/aromatic N) is 1. The van der Waals surface area contributed by atoms with Gasteiger partial charge in [0, 0.05) is 11.6 Å². The Bertz CT molecular complexity index is 599. The van der Waals surface area contributed by atoms with E-state index in [1.807, 2.05) is 26.0 Å². The molecule has 0 spiro atoms. The molecule has 21 heavy (non-hydrogen) atoms. The molecule has 1 amide bonds. The van der Waals surface area contributed by atoms with Gasteiger partial charge >= 0.3 is 0 Å². The SMILES string of the molecule is CC(C)NC(=O)c1cc(C(C)(C)C)cc(C2(C#N)CC2)c1. The van der Waals surface area contributed by atoms with Crippen molar-refractivity contribution in [1.82, 2.24) is 5.32 Å². The molecule has 1 aromatic rings. The van der Waals surface area contributed by atoms with Gasteiger partial charge in [0.25, 0.3) is 5.91 Å². The van der Waals surface area contributed by atoms with Crippen LogP contribution in [-0.2, 0) is 10.8 Å². The smallest absolute Gasteiger partial charge is 0.251 e. The number of carbonyl (C=O) groups excluding carboxylic acids is 1. The Kier molecular flexibility index (Phi) is 3.84. The summed E-state index contributed by atoms with van der Waals surface area (Å²) >= 11 is 0. The molecule has 3 heteroatoms. The molecule has 1 N–H and O–H groups in total. The Hall–Kier alpha value is -1.82. The van der Waals surface area contributed by atoms with Crippen LogP contribution >= 0.6 is 0 Å². The summed E-state index contributed by atoms with van der Waals surface area (Å²) in [4.78, 5) is 12.3. The molecule has 1 saturated carbocycles. The third-order valence-electron chi connectivity index (χ3n) is 4.00. The van der Waals surface area contributed by atoms with Gasteiger partial charge < -0.3 is 5.32 Å². The summed E-state index contributed by atoms with van der Waals surface area (Å²) in [5.74, 6) is -0.0638. The topological polar surface area (TPSA) is 52.9 Å². The van der Waals surface area contributed by atoms with Crippen molar-refractivity contribution < 1.29 is 4.79 Å².